The number of nitrogens with zero attached hydrogens (tertiary/aromatic N) is 3. The first kappa shape index (κ1) is 25.0. The largest absolute Gasteiger partial charge is 0.444 e. The highest BCUT2D eigenvalue weighted by molar-refractivity contribution is 5.90. The Labute approximate surface area is 204 Å². The van der Waals surface area contributed by atoms with Crippen molar-refractivity contribution in [3.8, 4) is 0 Å². The average molecular weight is 493 g/mol. The maximum absolute atomic E-state index is 14.8. The second-order valence-electron chi connectivity index (χ2n) is 9.93. The van der Waals surface area contributed by atoms with Gasteiger partial charge in [-0.15, -0.1) is 0 Å². The van der Waals surface area contributed by atoms with Crippen molar-refractivity contribution < 1.29 is 33.0 Å². The summed E-state index contributed by atoms with van der Waals surface area (Å²) in [6.45, 7) is 8.35. The predicted molar refractivity (Wildman–Crippen MR) is 126 cm³/mol. The fraction of sp³-hybridized carbons (Fsp3) is 0.625. The van der Waals surface area contributed by atoms with E-state index in [4.69, 9.17) is 14.2 Å². The zero-order valence-corrected chi connectivity index (χ0v) is 20.4. The lowest BCUT2D eigenvalue weighted by Gasteiger charge is -2.29. The maximum Gasteiger partial charge on any atom is 0.414 e. The van der Waals surface area contributed by atoms with Crippen molar-refractivity contribution in [3.63, 3.8) is 0 Å². The molecule has 10 nitrogen and oxygen atoms in total. The zero-order valence-electron chi connectivity index (χ0n) is 20.4. The van der Waals surface area contributed by atoms with Crippen molar-refractivity contribution in [3.05, 3.63) is 24.0 Å². The SMILES string of the molecule is CC(C)(C)OC(=O)N1CCCC1C(=O)NCC1CN(c2ccc(N3CCOCC3)c(F)c2)C(=O)O1. The number of nitrogens with one attached hydrogen (secondary N) is 1. The lowest BCUT2D eigenvalue weighted by atomic mass is 10.2. The molecule has 2 unspecified atom stereocenters. The monoisotopic (exact) mass is 492 g/mol. The van der Waals surface area contributed by atoms with Gasteiger partial charge in [0.25, 0.3) is 0 Å². The second kappa shape index (κ2) is 10.3. The van der Waals surface area contributed by atoms with E-state index in [2.05, 4.69) is 5.32 Å². The average Bonchev–Trinajstić information content (AvgIpc) is 3.44. The van der Waals surface area contributed by atoms with Gasteiger partial charge in [-0.05, 0) is 51.8 Å². The van der Waals surface area contributed by atoms with E-state index in [1.807, 2.05) is 4.90 Å². The van der Waals surface area contributed by atoms with E-state index in [-0.39, 0.29) is 19.0 Å². The molecule has 0 spiro atoms. The molecule has 0 aromatic heterocycles. The van der Waals surface area contributed by atoms with Crippen molar-refractivity contribution >= 4 is 29.5 Å². The number of anilines is 2. The Morgan fingerprint density at radius 3 is 2.63 bits per heavy atom. The van der Waals surface area contributed by atoms with Gasteiger partial charge >= 0.3 is 12.2 Å². The number of likely N-dealkylation sites (tertiary alicyclic amines) is 1. The molecular formula is C24H33FN4O6. The summed E-state index contributed by atoms with van der Waals surface area (Å²) in [6, 6.07) is 4.04. The van der Waals surface area contributed by atoms with Gasteiger partial charge in [-0.1, -0.05) is 0 Å². The van der Waals surface area contributed by atoms with E-state index in [0.717, 1.165) is 0 Å². The van der Waals surface area contributed by atoms with E-state index in [0.29, 0.717) is 57.1 Å². The number of carbonyl (C=O) groups excluding carboxylic acids is 3. The van der Waals surface area contributed by atoms with Crippen LogP contribution in [0.2, 0.25) is 0 Å². The highest BCUT2D eigenvalue weighted by Gasteiger charge is 2.38. The van der Waals surface area contributed by atoms with Gasteiger partial charge in [-0.2, -0.15) is 0 Å². The molecule has 1 N–H and O–H groups in total. The van der Waals surface area contributed by atoms with Crippen molar-refractivity contribution in [2.45, 2.75) is 51.4 Å². The molecule has 3 fully saturated rings. The van der Waals surface area contributed by atoms with Crippen LogP contribution in [0.5, 0.6) is 0 Å². The lowest BCUT2D eigenvalue weighted by Crippen LogP contribution is -2.49. The minimum Gasteiger partial charge on any atom is -0.444 e. The molecule has 0 saturated carbocycles. The molecule has 3 aliphatic heterocycles. The highest BCUT2D eigenvalue weighted by Crippen LogP contribution is 2.28. The molecule has 1 aromatic rings. The summed E-state index contributed by atoms with van der Waals surface area (Å²) in [5, 5.41) is 2.79. The molecule has 3 aliphatic rings. The van der Waals surface area contributed by atoms with Crippen LogP contribution in [-0.2, 0) is 19.0 Å². The van der Waals surface area contributed by atoms with E-state index >= 15 is 0 Å². The number of amides is 3. The van der Waals surface area contributed by atoms with Gasteiger partial charge in [0.2, 0.25) is 5.91 Å². The predicted octanol–water partition coefficient (Wildman–Crippen LogP) is 2.50. The Morgan fingerprint density at radius 2 is 1.94 bits per heavy atom. The van der Waals surface area contributed by atoms with Crippen LogP contribution < -0.4 is 15.1 Å². The molecule has 0 bridgehead atoms. The molecular weight excluding hydrogens is 459 g/mol. The lowest BCUT2D eigenvalue weighted by molar-refractivity contribution is -0.125. The molecule has 192 valence electrons. The number of rotatable bonds is 5. The normalized spacial score (nSPS) is 22.9. The molecule has 0 radical (unpaired) electrons. The molecule has 35 heavy (non-hydrogen) atoms. The van der Waals surface area contributed by atoms with Crippen LogP contribution >= 0.6 is 0 Å². The summed E-state index contributed by atoms with van der Waals surface area (Å²) in [7, 11) is 0. The number of ether oxygens (including phenoxy) is 3. The molecule has 3 amide bonds. The third-order valence-electron chi connectivity index (χ3n) is 6.16. The van der Waals surface area contributed by atoms with Crippen molar-refractivity contribution in [2.75, 3.05) is 55.7 Å². The minimum atomic E-state index is -0.651. The van der Waals surface area contributed by atoms with E-state index < -0.39 is 35.8 Å². The Hall–Kier alpha value is -3.08. The van der Waals surface area contributed by atoms with Gasteiger partial charge < -0.3 is 24.4 Å². The number of benzene rings is 1. The van der Waals surface area contributed by atoms with Crippen molar-refractivity contribution in [2.24, 2.45) is 0 Å². The van der Waals surface area contributed by atoms with Crippen molar-refractivity contribution in [1.82, 2.24) is 10.2 Å². The summed E-state index contributed by atoms with van der Waals surface area (Å²) in [4.78, 5) is 42.3. The van der Waals surface area contributed by atoms with Crippen LogP contribution in [0, 0.1) is 5.82 Å². The third kappa shape index (κ3) is 5.95. The standard InChI is InChI=1S/C24H33FN4O6/c1-24(2,3)35-23(32)28-8-4-5-20(28)21(30)26-14-17-15-29(22(31)34-17)16-6-7-19(18(25)13-16)27-9-11-33-12-10-27/h6-7,13,17,20H,4-5,8-12,14-15H2,1-3H3,(H,26,30). The van der Waals surface area contributed by atoms with E-state index in [1.165, 1.54) is 15.9 Å². The molecule has 3 heterocycles. The Kier molecular flexibility index (Phi) is 7.34. The van der Waals surface area contributed by atoms with E-state index in [9.17, 15) is 18.8 Å². The van der Waals surface area contributed by atoms with Gasteiger partial charge in [-0.25, -0.2) is 14.0 Å². The number of hydrogen-bond donors (Lipinski definition) is 1. The summed E-state index contributed by atoms with van der Waals surface area (Å²) < 4.78 is 30.9. The van der Waals surface area contributed by atoms with Crippen LogP contribution in [0.25, 0.3) is 0 Å². The van der Waals surface area contributed by atoms with Crippen LogP contribution in [0.3, 0.4) is 0 Å². The summed E-state index contributed by atoms with van der Waals surface area (Å²) >= 11 is 0. The molecule has 4 rings (SSSR count). The highest BCUT2D eigenvalue weighted by atomic mass is 19.1. The number of hydrogen-bond acceptors (Lipinski definition) is 7. The molecule has 3 saturated heterocycles. The van der Waals surface area contributed by atoms with Crippen LogP contribution in [0.1, 0.15) is 33.6 Å². The van der Waals surface area contributed by atoms with Gasteiger partial charge in [-0.3, -0.25) is 14.6 Å². The fourth-order valence-corrected chi connectivity index (χ4v) is 4.47. The Balaban J connectivity index is 1.32. The van der Waals surface area contributed by atoms with Crippen molar-refractivity contribution in [1.29, 1.82) is 0 Å². The second-order valence-corrected chi connectivity index (χ2v) is 9.93. The summed E-state index contributed by atoms with van der Waals surface area (Å²) in [5.41, 5.74) is 0.215. The molecule has 1 aromatic carbocycles. The number of cyclic esters (lactones) is 1. The number of halogens is 1. The van der Waals surface area contributed by atoms with Gasteiger partial charge in [0, 0.05) is 19.6 Å². The summed E-state index contributed by atoms with van der Waals surface area (Å²) in [6.07, 6.45) is -0.466. The van der Waals surface area contributed by atoms with Crippen LogP contribution in [-0.4, -0.2) is 86.7 Å². The minimum absolute atomic E-state index is 0.0913. The smallest absolute Gasteiger partial charge is 0.414 e. The number of carbonyl (C=O) groups is 3. The number of morpholine rings is 1. The maximum atomic E-state index is 14.8. The third-order valence-corrected chi connectivity index (χ3v) is 6.16. The molecule has 2 atom stereocenters. The fourth-order valence-electron chi connectivity index (χ4n) is 4.47. The Morgan fingerprint density at radius 1 is 1.20 bits per heavy atom. The Bertz CT molecular complexity index is 962. The van der Waals surface area contributed by atoms with E-state index in [1.54, 1.807) is 32.9 Å². The quantitative estimate of drug-likeness (QED) is 0.674. The molecule has 11 heteroatoms. The van der Waals surface area contributed by atoms with Crippen LogP contribution in [0.15, 0.2) is 18.2 Å². The molecule has 0 aliphatic carbocycles. The van der Waals surface area contributed by atoms with Gasteiger partial charge in [0.15, 0.2) is 0 Å². The zero-order chi connectivity index (χ0) is 25.2. The summed E-state index contributed by atoms with van der Waals surface area (Å²) in [5.74, 6) is -0.735. The first-order valence-electron chi connectivity index (χ1n) is 12.0. The van der Waals surface area contributed by atoms with Crippen LogP contribution in [0.4, 0.5) is 25.4 Å². The first-order valence-corrected chi connectivity index (χ1v) is 12.0. The van der Waals surface area contributed by atoms with Gasteiger partial charge in [0.05, 0.1) is 37.7 Å². The first-order chi connectivity index (χ1) is 16.6. The van der Waals surface area contributed by atoms with Gasteiger partial charge in [0.1, 0.15) is 23.6 Å². The topological polar surface area (TPSA) is 101 Å².